The van der Waals surface area contributed by atoms with Crippen LogP contribution in [-0.2, 0) is 0 Å². The van der Waals surface area contributed by atoms with Gasteiger partial charge in [0.05, 0.1) is 17.6 Å². The van der Waals surface area contributed by atoms with Crippen molar-refractivity contribution in [2.24, 2.45) is 0 Å². The highest BCUT2D eigenvalue weighted by atomic mass is 16.6. The second kappa shape index (κ2) is 5.81. The molecular weight excluding hydrogens is 262 g/mol. The van der Waals surface area contributed by atoms with Crippen molar-refractivity contribution in [1.82, 2.24) is 9.88 Å². The van der Waals surface area contributed by atoms with E-state index in [1.54, 1.807) is 0 Å². The lowest BCUT2D eigenvalue weighted by Crippen LogP contribution is -2.53. The van der Waals surface area contributed by atoms with Gasteiger partial charge in [-0.25, -0.2) is 4.98 Å². The maximum absolute atomic E-state index is 10.7. The zero-order chi connectivity index (χ0) is 14.7. The molecule has 20 heavy (non-hydrogen) atoms. The lowest BCUT2D eigenvalue weighted by molar-refractivity contribution is -0.385. The Labute approximate surface area is 116 Å². The summed E-state index contributed by atoms with van der Waals surface area (Å²) in [5, 5.41) is 29.2. The summed E-state index contributed by atoms with van der Waals surface area (Å²) in [6, 6.07) is 3.14. The number of aliphatic hydroxyl groups is 1. The third-order valence-electron chi connectivity index (χ3n) is 3.47. The van der Waals surface area contributed by atoms with E-state index < -0.39 is 4.92 Å². The first kappa shape index (κ1) is 14.2. The lowest BCUT2D eigenvalue weighted by atomic mass is 10.1. The smallest absolute Gasteiger partial charge is 0.289 e. The van der Waals surface area contributed by atoms with Crippen molar-refractivity contribution in [3.63, 3.8) is 0 Å². The van der Waals surface area contributed by atoms with Crippen LogP contribution in [0.2, 0.25) is 0 Å². The van der Waals surface area contributed by atoms with E-state index in [1.807, 2.05) is 22.9 Å². The second-order valence-electron chi connectivity index (χ2n) is 4.70. The highest BCUT2D eigenvalue weighted by Crippen LogP contribution is 2.23. The molecule has 0 amide bonds. The average molecular weight is 277 g/mol. The van der Waals surface area contributed by atoms with Gasteiger partial charge in [0, 0.05) is 25.7 Å². The highest BCUT2D eigenvalue weighted by molar-refractivity contribution is 5.57. The Bertz CT molecular complexity index is 557. The molecule has 1 atom stereocenters. The number of nitrogens with zero attached hydrogens (tertiary/aromatic N) is 5. The maximum Gasteiger partial charge on any atom is 0.289 e. The molecule has 1 aromatic heterocycles. The van der Waals surface area contributed by atoms with Crippen molar-refractivity contribution in [2.75, 3.05) is 38.2 Å². The van der Waals surface area contributed by atoms with Gasteiger partial charge in [0.1, 0.15) is 23.6 Å². The number of piperazine rings is 1. The van der Waals surface area contributed by atoms with Gasteiger partial charge in [-0.3, -0.25) is 15.0 Å². The van der Waals surface area contributed by atoms with E-state index in [9.17, 15) is 15.2 Å². The number of nitro groups is 1. The average Bonchev–Trinajstić information content (AvgIpc) is 2.47. The standard InChI is InChI=1S/C12H15N5O3/c1-15-2-3-16(7-11(15)8-18)12-9(5-13)4-10(6-14-12)17(19)20/h4,6,11,18H,2-3,7-8H2,1H3/t11-/m0/s1. The van der Waals surface area contributed by atoms with Crippen molar-refractivity contribution in [3.05, 3.63) is 27.9 Å². The van der Waals surface area contributed by atoms with Gasteiger partial charge < -0.3 is 10.0 Å². The third-order valence-corrected chi connectivity index (χ3v) is 3.47. The molecule has 0 spiro atoms. The summed E-state index contributed by atoms with van der Waals surface area (Å²) < 4.78 is 0. The molecule has 0 bridgehead atoms. The predicted octanol–water partition coefficient (Wildman–Crippen LogP) is -0.0258. The van der Waals surface area contributed by atoms with Crippen LogP contribution in [0.3, 0.4) is 0 Å². The molecule has 1 N–H and O–H groups in total. The van der Waals surface area contributed by atoms with E-state index >= 15 is 0 Å². The van der Waals surface area contributed by atoms with Crippen molar-refractivity contribution in [2.45, 2.75) is 6.04 Å². The molecule has 8 nitrogen and oxygen atoms in total. The molecule has 1 fully saturated rings. The number of likely N-dealkylation sites (N-methyl/N-ethyl adjacent to an activating group) is 1. The van der Waals surface area contributed by atoms with E-state index in [4.69, 9.17) is 5.26 Å². The van der Waals surface area contributed by atoms with E-state index in [0.717, 1.165) is 12.7 Å². The number of anilines is 1. The Morgan fingerprint density at radius 2 is 2.40 bits per heavy atom. The molecule has 8 heteroatoms. The van der Waals surface area contributed by atoms with Gasteiger partial charge in [0.15, 0.2) is 0 Å². The highest BCUT2D eigenvalue weighted by Gasteiger charge is 2.26. The van der Waals surface area contributed by atoms with Gasteiger partial charge in [-0.05, 0) is 7.05 Å². The number of rotatable bonds is 3. The molecule has 1 aliphatic rings. The summed E-state index contributed by atoms with van der Waals surface area (Å²) >= 11 is 0. The maximum atomic E-state index is 10.7. The largest absolute Gasteiger partial charge is 0.395 e. The SMILES string of the molecule is CN1CCN(c2ncc([N+](=O)[O-])cc2C#N)C[C@H]1CO. The van der Waals surface area contributed by atoms with Crippen LogP contribution in [0.1, 0.15) is 5.56 Å². The molecular formula is C12H15N5O3. The predicted molar refractivity (Wildman–Crippen MR) is 71.3 cm³/mol. The van der Waals surface area contributed by atoms with Crippen LogP contribution in [-0.4, -0.2) is 59.2 Å². The Hall–Kier alpha value is -2.24. The fourth-order valence-corrected chi connectivity index (χ4v) is 2.22. The number of pyridine rings is 1. The van der Waals surface area contributed by atoms with Crippen LogP contribution in [0, 0.1) is 21.4 Å². The number of hydrogen-bond acceptors (Lipinski definition) is 7. The first-order valence-corrected chi connectivity index (χ1v) is 6.17. The number of aromatic nitrogens is 1. The molecule has 0 aliphatic carbocycles. The normalized spacial score (nSPS) is 19.6. The Morgan fingerprint density at radius 1 is 1.65 bits per heavy atom. The molecule has 0 unspecified atom stereocenters. The van der Waals surface area contributed by atoms with Gasteiger partial charge in [0.25, 0.3) is 5.69 Å². The summed E-state index contributed by atoms with van der Waals surface area (Å²) in [4.78, 5) is 18.1. The minimum Gasteiger partial charge on any atom is -0.395 e. The van der Waals surface area contributed by atoms with Gasteiger partial charge >= 0.3 is 0 Å². The van der Waals surface area contributed by atoms with E-state index in [-0.39, 0.29) is 23.9 Å². The zero-order valence-corrected chi connectivity index (χ0v) is 11.1. The molecule has 106 valence electrons. The first-order valence-electron chi connectivity index (χ1n) is 6.17. The quantitative estimate of drug-likeness (QED) is 0.611. The minimum absolute atomic E-state index is 0.0157. The van der Waals surface area contributed by atoms with E-state index in [2.05, 4.69) is 4.98 Å². The number of aliphatic hydroxyl groups excluding tert-OH is 1. The molecule has 0 saturated carbocycles. The van der Waals surface area contributed by atoms with Crippen LogP contribution in [0.15, 0.2) is 12.3 Å². The summed E-state index contributed by atoms with van der Waals surface area (Å²) in [6.07, 6.45) is 1.16. The molecule has 0 radical (unpaired) electrons. The molecule has 0 aromatic carbocycles. The summed E-state index contributed by atoms with van der Waals surface area (Å²) in [5.74, 6) is 0.435. The van der Waals surface area contributed by atoms with Gasteiger partial charge in [-0.1, -0.05) is 0 Å². The fraction of sp³-hybridized carbons (Fsp3) is 0.500. The monoisotopic (exact) mass is 277 g/mol. The van der Waals surface area contributed by atoms with Crippen molar-refractivity contribution in [1.29, 1.82) is 5.26 Å². The first-order chi connectivity index (χ1) is 9.56. The van der Waals surface area contributed by atoms with E-state index in [0.29, 0.717) is 18.9 Å². The van der Waals surface area contributed by atoms with Gasteiger partial charge in [0.2, 0.25) is 0 Å². The second-order valence-corrected chi connectivity index (χ2v) is 4.70. The van der Waals surface area contributed by atoms with Crippen molar-refractivity contribution < 1.29 is 10.0 Å². The van der Waals surface area contributed by atoms with Crippen molar-refractivity contribution in [3.8, 4) is 6.07 Å². The van der Waals surface area contributed by atoms with Crippen molar-refractivity contribution >= 4 is 11.5 Å². The Morgan fingerprint density at radius 3 is 3.00 bits per heavy atom. The van der Waals surface area contributed by atoms with E-state index in [1.165, 1.54) is 6.07 Å². The lowest BCUT2D eigenvalue weighted by Gasteiger charge is -2.39. The molecule has 1 aromatic rings. The van der Waals surface area contributed by atoms with Gasteiger partial charge in [-0.15, -0.1) is 0 Å². The van der Waals surface area contributed by atoms with Gasteiger partial charge in [-0.2, -0.15) is 5.26 Å². The van der Waals surface area contributed by atoms with Crippen LogP contribution in [0.4, 0.5) is 11.5 Å². The molecule has 2 rings (SSSR count). The van der Waals surface area contributed by atoms with Crippen LogP contribution in [0.5, 0.6) is 0 Å². The number of nitriles is 1. The summed E-state index contributed by atoms with van der Waals surface area (Å²) in [6.45, 7) is 1.94. The fourth-order valence-electron chi connectivity index (χ4n) is 2.22. The molecule has 2 heterocycles. The van der Waals surface area contributed by atoms with Crippen LogP contribution >= 0.6 is 0 Å². The zero-order valence-electron chi connectivity index (χ0n) is 11.1. The Balaban J connectivity index is 2.29. The molecule has 1 aliphatic heterocycles. The summed E-state index contributed by atoms with van der Waals surface area (Å²) in [7, 11) is 1.92. The summed E-state index contributed by atoms with van der Waals surface area (Å²) in [5.41, 5.74) is -0.0152. The molecule has 1 saturated heterocycles. The van der Waals surface area contributed by atoms with Crippen LogP contribution < -0.4 is 4.90 Å². The third kappa shape index (κ3) is 2.68. The minimum atomic E-state index is -0.571. The number of hydrogen-bond donors (Lipinski definition) is 1. The Kier molecular flexibility index (Phi) is 4.12. The topological polar surface area (TPSA) is 107 Å². The van der Waals surface area contributed by atoms with Crippen LogP contribution in [0.25, 0.3) is 0 Å².